The molecule has 0 spiro atoms. The van der Waals surface area contributed by atoms with Crippen LogP contribution in [0.5, 0.6) is 5.75 Å². The Kier molecular flexibility index (Phi) is 7.17. The average molecular weight is 292 g/mol. The van der Waals surface area contributed by atoms with Crippen LogP contribution in [-0.4, -0.2) is 53.1 Å². The summed E-state index contributed by atoms with van der Waals surface area (Å²) in [6.07, 6.45) is -1.07. The first kappa shape index (κ1) is 17.4. The molecule has 0 bridgehead atoms. The van der Waals surface area contributed by atoms with Gasteiger partial charge in [0.1, 0.15) is 18.5 Å². The predicted molar refractivity (Wildman–Crippen MR) is 81.0 cm³/mol. The highest BCUT2D eigenvalue weighted by atomic mass is 16.5. The van der Waals surface area contributed by atoms with Gasteiger partial charge in [-0.15, -0.1) is 0 Å². The number of nitriles is 1. The summed E-state index contributed by atoms with van der Waals surface area (Å²) in [6.45, 7) is 6.92. The number of ether oxygens (including phenoxy) is 1. The molecule has 2 N–H and O–H groups in total. The molecule has 2 unspecified atom stereocenters. The second-order valence-electron chi connectivity index (χ2n) is 5.50. The monoisotopic (exact) mass is 292 g/mol. The van der Waals surface area contributed by atoms with Crippen LogP contribution < -0.4 is 4.74 Å². The number of nitrogens with zero attached hydrogens (tertiary/aromatic N) is 2. The van der Waals surface area contributed by atoms with Gasteiger partial charge in [-0.2, -0.15) is 5.26 Å². The third-order valence-electron chi connectivity index (χ3n) is 3.10. The lowest BCUT2D eigenvalue weighted by molar-refractivity contribution is 0.0366. The van der Waals surface area contributed by atoms with E-state index in [1.165, 1.54) is 0 Å². The van der Waals surface area contributed by atoms with Gasteiger partial charge in [-0.25, -0.2) is 0 Å². The Bertz CT molecular complexity index is 452. The summed E-state index contributed by atoms with van der Waals surface area (Å²) < 4.78 is 5.50. The largest absolute Gasteiger partial charge is 0.491 e. The second-order valence-corrected chi connectivity index (χ2v) is 5.50. The van der Waals surface area contributed by atoms with E-state index in [-0.39, 0.29) is 12.6 Å². The summed E-state index contributed by atoms with van der Waals surface area (Å²) in [7, 11) is 0. The van der Waals surface area contributed by atoms with E-state index in [0.29, 0.717) is 24.4 Å². The van der Waals surface area contributed by atoms with Gasteiger partial charge in [-0.1, -0.05) is 0 Å². The topological polar surface area (TPSA) is 76.7 Å². The Balaban J connectivity index is 2.44. The van der Waals surface area contributed by atoms with Gasteiger partial charge in [-0.05, 0) is 45.0 Å². The molecule has 1 aromatic rings. The summed E-state index contributed by atoms with van der Waals surface area (Å²) in [4.78, 5) is 2.01. The van der Waals surface area contributed by atoms with Gasteiger partial charge in [0, 0.05) is 19.1 Å². The molecule has 21 heavy (non-hydrogen) atoms. The minimum Gasteiger partial charge on any atom is -0.491 e. The number of aliphatic hydroxyl groups is 2. The van der Waals surface area contributed by atoms with Gasteiger partial charge in [0.2, 0.25) is 0 Å². The minimum atomic E-state index is -0.637. The minimum absolute atomic E-state index is 0.176. The predicted octanol–water partition coefficient (Wildman–Crippen LogP) is 1.39. The number of rotatable bonds is 8. The van der Waals surface area contributed by atoms with Crippen LogP contribution in [0, 0.1) is 11.3 Å². The lowest BCUT2D eigenvalue weighted by Crippen LogP contribution is -2.43. The lowest BCUT2D eigenvalue weighted by Gasteiger charge is -2.29. The van der Waals surface area contributed by atoms with Crippen molar-refractivity contribution in [3.05, 3.63) is 29.8 Å². The molecule has 0 saturated heterocycles. The Morgan fingerprint density at radius 3 is 2.24 bits per heavy atom. The maximum atomic E-state index is 10.0. The van der Waals surface area contributed by atoms with Crippen LogP contribution in [0.3, 0.4) is 0 Å². The summed E-state index contributed by atoms with van der Waals surface area (Å²) in [5.74, 6) is 0.625. The molecular weight excluding hydrogens is 268 g/mol. The van der Waals surface area contributed by atoms with E-state index < -0.39 is 12.2 Å². The highest BCUT2D eigenvalue weighted by Crippen LogP contribution is 2.12. The fourth-order valence-corrected chi connectivity index (χ4v) is 1.98. The van der Waals surface area contributed by atoms with Gasteiger partial charge >= 0.3 is 0 Å². The molecule has 0 fully saturated rings. The van der Waals surface area contributed by atoms with E-state index >= 15 is 0 Å². The maximum absolute atomic E-state index is 10.0. The zero-order valence-electron chi connectivity index (χ0n) is 12.9. The molecule has 116 valence electrons. The summed E-state index contributed by atoms with van der Waals surface area (Å²) in [5.41, 5.74) is 0.575. The average Bonchev–Trinajstić information content (AvgIpc) is 2.44. The number of aliphatic hydroxyl groups excluding tert-OH is 2. The SMILES string of the molecule is CC(O)CN(CC(O)COc1ccc(C#N)cc1)C(C)C. The highest BCUT2D eigenvalue weighted by Gasteiger charge is 2.17. The highest BCUT2D eigenvalue weighted by molar-refractivity contribution is 5.34. The molecule has 5 heteroatoms. The van der Waals surface area contributed by atoms with Crippen molar-refractivity contribution >= 4 is 0 Å². The number of hydrogen-bond acceptors (Lipinski definition) is 5. The first-order valence-corrected chi connectivity index (χ1v) is 7.15. The maximum Gasteiger partial charge on any atom is 0.119 e. The van der Waals surface area contributed by atoms with Crippen molar-refractivity contribution in [2.45, 2.75) is 39.0 Å². The number of benzene rings is 1. The molecule has 0 heterocycles. The molecule has 0 aliphatic carbocycles. The van der Waals surface area contributed by atoms with Crippen molar-refractivity contribution < 1.29 is 14.9 Å². The van der Waals surface area contributed by atoms with Crippen LogP contribution in [0.25, 0.3) is 0 Å². The Labute approximate surface area is 126 Å². The van der Waals surface area contributed by atoms with Gasteiger partial charge in [0.15, 0.2) is 0 Å². The molecule has 2 atom stereocenters. The van der Waals surface area contributed by atoms with Gasteiger partial charge in [0.25, 0.3) is 0 Å². The van der Waals surface area contributed by atoms with Crippen LogP contribution in [-0.2, 0) is 0 Å². The van der Waals surface area contributed by atoms with Crippen LogP contribution >= 0.6 is 0 Å². The first-order chi connectivity index (χ1) is 9.92. The van der Waals surface area contributed by atoms with Crippen LogP contribution in [0.15, 0.2) is 24.3 Å². The molecule has 0 amide bonds. The zero-order chi connectivity index (χ0) is 15.8. The molecule has 0 aliphatic heterocycles. The van der Waals surface area contributed by atoms with Crippen molar-refractivity contribution in [1.29, 1.82) is 5.26 Å². The molecule has 0 radical (unpaired) electrons. The van der Waals surface area contributed by atoms with E-state index in [0.717, 1.165) is 0 Å². The Hall–Kier alpha value is -1.61. The quantitative estimate of drug-likeness (QED) is 0.757. The van der Waals surface area contributed by atoms with Gasteiger partial charge in [-0.3, -0.25) is 4.90 Å². The number of hydrogen-bond donors (Lipinski definition) is 2. The molecule has 0 aliphatic rings. The van der Waals surface area contributed by atoms with Crippen molar-refractivity contribution in [2.24, 2.45) is 0 Å². The molecule has 5 nitrogen and oxygen atoms in total. The van der Waals surface area contributed by atoms with E-state index in [9.17, 15) is 10.2 Å². The molecule has 0 saturated carbocycles. The van der Waals surface area contributed by atoms with Crippen molar-refractivity contribution in [1.82, 2.24) is 4.90 Å². The zero-order valence-corrected chi connectivity index (χ0v) is 12.9. The summed E-state index contributed by atoms with van der Waals surface area (Å²) in [5, 5.41) is 28.2. The second kappa shape index (κ2) is 8.63. The molecule has 1 aromatic carbocycles. The lowest BCUT2D eigenvalue weighted by atomic mass is 10.2. The van der Waals surface area contributed by atoms with E-state index in [2.05, 4.69) is 0 Å². The van der Waals surface area contributed by atoms with E-state index in [1.54, 1.807) is 31.2 Å². The van der Waals surface area contributed by atoms with Crippen LogP contribution in [0.2, 0.25) is 0 Å². The third-order valence-corrected chi connectivity index (χ3v) is 3.10. The van der Waals surface area contributed by atoms with Gasteiger partial charge < -0.3 is 14.9 Å². The van der Waals surface area contributed by atoms with E-state index in [1.807, 2.05) is 24.8 Å². The Morgan fingerprint density at radius 1 is 1.14 bits per heavy atom. The summed E-state index contributed by atoms with van der Waals surface area (Å²) >= 11 is 0. The molecule has 0 aromatic heterocycles. The van der Waals surface area contributed by atoms with Crippen molar-refractivity contribution in [2.75, 3.05) is 19.7 Å². The van der Waals surface area contributed by atoms with E-state index in [4.69, 9.17) is 10.00 Å². The standard InChI is InChI=1S/C16H24N2O3/c1-12(2)18(9-13(3)19)10-15(20)11-21-16-6-4-14(8-17)5-7-16/h4-7,12-13,15,19-20H,9-11H2,1-3H3. The summed E-state index contributed by atoms with van der Waals surface area (Å²) in [6, 6.07) is 9.05. The molecule has 1 rings (SSSR count). The fourth-order valence-electron chi connectivity index (χ4n) is 1.98. The molecular formula is C16H24N2O3. The van der Waals surface area contributed by atoms with Crippen LogP contribution in [0.4, 0.5) is 0 Å². The fraction of sp³-hybridized carbons (Fsp3) is 0.562. The normalized spacial score (nSPS) is 14.0. The third kappa shape index (κ3) is 6.58. The Morgan fingerprint density at radius 2 is 1.76 bits per heavy atom. The van der Waals surface area contributed by atoms with Crippen molar-refractivity contribution in [3.63, 3.8) is 0 Å². The first-order valence-electron chi connectivity index (χ1n) is 7.15. The smallest absolute Gasteiger partial charge is 0.119 e. The van der Waals surface area contributed by atoms with Crippen LogP contribution in [0.1, 0.15) is 26.3 Å². The van der Waals surface area contributed by atoms with Gasteiger partial charge in [0.05, 0.1) is 17.7 Å². The van der Waals surface area contributed by atoms with Crippen molar-refractivity contribution in [3.8, 4) is 11.8 Å².